The van der Waals surface area contributed by atoms with Crippen LogP contribution in [-0.2, 0) is 29.1 Å². The maximum absolute atomic E-state index is 14.2. The Kier molecular flexibility index (Phi) is 16.3. The second kappa shape index (κ2) is 19.4. The number of piperazine rings is 1. The van der Waals surface area contributed by atoms with Gasteiger partial charge in [0, 0.05) is 26.1 Å². The topological polar surface area (TPSA) is 141 Å². The van der Waals surface area contributed by atoms with Crippen molar-refractivity contribution in [2.75, 3.05) is 26.2 Å². The molecule has 0 saturated carbocycles. The SMILES string of the molecule is C=CCOc1ccc(CN2C[C@H]3N(C(=O)CN(CC=C)N3C(=O)NCc3ccccc3)[C@@H](Cc3ccc(OP([O-])([O-])=P)cc3)C2=O)cc1.[Na+].[Na+]. The monoisotopic (exact) mass is 735 g/mol. The molecule has 0 unspecified atom stereocenters. The molecule has 5 rings (SSSR count). The summed E-state index contributed by atoms with van der Waals surface area (Å²) in [4.78, 5) is 68.2. The number of carbonyl (C=O) groups excluding carboxylic acids is 3. The molecule has 2 saturated heterocycles. The molecule has 252 valence electrons. The molecule has 4 amide bonds. The number of rotatable bonds is 13. The minimum absolute atomic E-state index is 0. The molecule has 0 spiro atoms. The average molecular weight is 736 g/mol. The Morgan fingerprint density at radius 1 is 0.920 bits per heavy atom. The molecule has 0 aliphatic carbocycles. The first-order valence-corrected chi connectivity index (χ1v) is 18.2. The number of hydrogen-bond donors (Lipinski definition) is 1. The van der Waals surface area contributed by atoms with Crippen molar-refractivity contribution in [2.24, 2.45) is 0 Å². The zero-order valence-electron chi connectivity index (χ0n) is 28.3. The van der Waals surface area contributed by atoms with Crippen molar-refractivity contribution in [1.29, 1.82) is 0 Å². The summed E-state index contributed by atoms with van der Waals surface area (Å²) in [5.74, 6) is 0.171. The molecule has 2 atom stereocenters. The predicted octanol–water partition coefficient (Wildman–Crippen LogP) is -3.08. The number of nitrogens with zero attached hydrogens (tertiary/aromatic N) is 4. The normalized spacial score (nSPS) is 17.5. The molecular formula is C34H37N5Na2O7P2. The van der Waals surface area contributed by atoms with Crippen LogP contribution in [0, 0.1) is 0 Å². The van der Waals surface area contributed by atoms with Crippen LogP contribution in [-0.4, -0.2) is 76.1 Å². The number of fused-ring (bicyclic) bond motifs is 1. The summed E-state index contributed by atoms with van der Waals surface area (Å²) in [6, 6.07) is 21.7. The van der Waals surface area contributed by atoms with E-state index in [-0.39, 0.29) is 116 Å². The summed E-state index contributed by atoms with van der Waals surface area (Å²) >= 11 is 0. The van der Waals surface area contributed by atoms with Crippen LogP contribution in [0.1, 0.15) is 16.7 Å². The molecule has 2 aliphatic rings. The maximum Gasteiger partial charge on any atom is 1.00 e. The van der Waals surface area contributed by atoms with Crippen LogP contribution in [0.2, 0.25) is 0 Å². The van der Waals surface area contributed by atoms with Gasteiger partial charge in [-0.15, -0.1) is 15.1 Å². The molecule has 0 aromatic heterocycles. The van der Waals surface area contributed by atoms with Gasteiger partial charge in [0.05, 0.1) is 13.1 Å². The molecule has 0 radical (unpaired) electrons. The quantitative estimate of drug-likeness (QED) is 0.111. The molecule has 12 nitrogen and oxygen atoms in total. The fourth-order valence-corrected chi connectivity index (χ4v) is 6.53. The van der Waals surface area contributed by atoms with Gasteiger partial charge >= 0.3 is 65.1 Å². The van der Waals surface area contributed by atoms with Gasteiger partial charge in [0.15, 0.2) is 0 Å². The van der Waals surface area contributed by atoms with Crippen molar-refractivity contribution >= 4 is 33.6 Å². The minimum Gasteiger partial charge on any atom is -0.808 e. The van der Waals surface area contributed by atoms with Crippen LogP contribution in [0.4, 0.5) is 4.79 Å². The van der Waals surface area contributed by atoms with E-state index in [0.29, 0.717) is 17.9 Å². The van der Waals surface area contributed by atoms with Gasteiger partial charge < -0.3 is 34.2 Å². The molecule has 1 N–H and O–H groups in total. The average Bonchev–Trinajstić information content (AvgIpc) is 3.06. The first kappa shape index (κ1) is 42.0. The Morgan fingerprint density at radius 3 is 2.18 bits per heavy atom. The Hall–Kier alpha value is -2.44. The number of hydrazine groups is 1. The van der Waals surface area contributed by atoms with Gasteiger partial charge in [-0.1, -0.05) is 80.6 Å². The molecule has 0 bridgehead atoms. The van der Waals surface area contributed by atoms with Crippen molar-refractivity contribution in [1.82, 2.24) is 25.1 Å². The smallest absolute Gasteiger partial charge is 0.808 e. The fraction of sp³-hybridized carbons (Fsp3) is 0.265. The van der Waals surface area contributed by atoms with E-state index in [2.05, 4.69) is 27.0 Å². The summed E-state index contributed by atoms with van der Waals surface area (Å²) in [6.07, 6.45) is 2.58. The number of nitrogens with one attached hydrogen (secondary N) is 1. The van der Waals surface area contributed by atoms with Crippen molar-refractivity contribution in [3.63, 3.8) is 0 Å². The summed E-state index contributed by atoms with van der Waals surface area (Å²) < 4.78 is 10.5. The molecule has 16 heteroatoms. The largest absolute Gasteiger partial charge is 1.00 e. The second-order valence-electron chi connectivity index (χ2n) is 11.3. The Labute approximate surface area is 338 Å². The summed E-state index contributed by atoms with van der Waals surface area (Å²) in [5, 5.41) is 6.13. The van der Waals surface area contributed by atoms with Gasteiger partial charge in [0.25, 0.3) is 0 Å². The molecule has 2 aliphatic heterocycles. The molecule has 2 fully saturated rings. The first-order valence-electron chi connectivity index (χ1n) is 15.3. The zero-order chi connectivity index (χ0) is 34.3. The van der Waals surface area contributed by atoms with Crippen LogP contribution in [0.15, 0.2) is 104 Å². The third-order valence-electron chi connectivity index (χ3n) is 7.91. The Balaban J connectivity index is 0.00000338. The van der Waals surface area contributed by atoms with E-state index in [1.165, 1.54) is 22.0 Å². The summed E-state index contributed by atoms with van der Waals surface area (Å²) in [7, 11) is -1.65. The predicted molar refractivity (Wildman–Crippen MR) is 180 cm³/mol. The third-order valence-corrected chi connectivity index (χ3v) is 8.63. The molecule has 50 heavy (non-hydrogen) atoms. The number of carbonyl (C=O) groups is 3. The molecule has 2 heterocycles. The van der Waals surface area contributed by atoms with Gasteiger partial charge in [-0.05, 0) is 41.0 Å². The molecule has 3 aromatic rings. The van der Waals surface area contributed by atoms with E-state index in [4.69, 9.17) is 9.26 Å². The second-order valence-corrected chi connectivity index (χ2v) is 14.1. The third kappa shape index (κ3) is 11.0. The summed E-state index contributed by atoms with van der Waals surface area (Å²) in [6.45, 7) is 8.52. The molecule has 3 aromatic carbocycles. The van der Waals surface area contributed by atoms with E-state index in [1.807, 2.05) is 54.6 Å². The number of benzene rings is 3. The van der Waals surface area contributed by atoms with Crippen molar-refractivity contribution in [3.8, 4) is 11.5 Å². The van der Waals surface area contributed by atoms with Gasteiger partial charge in [-0.25, -0.2) is 14.8 Å². The van der Waals surface area contributed by atoms with Crippen LogP contribution in [0.5, 0.6) is 11.5 Å². The minimum atomic E-state index is -4.21. The standard InChI is InChI=1S/C34H37N5O7P2.2Na/c1-3-18-37-24-32(40)38-30(20-25-10-16-29(17-11-25)46-48(43,44)47)33(41)36(22-27-12-14-28(15-13-27)45-19-4-2)23-31(38)39(37)34(42)35-21-26-8-6-5-7-9-26;;/h3-17,30-31,47H,1-2,18-24H2,(H-2,35,42,43,44);;/q-2;2*+1/t30-,31-;;/m0../s1. The van der Waals surface area contributed by atoms with E-state index < -0.39 is 25.5 Å². The number of amides is 4. The van der Waals surface area contributed by atoms with Gasteiger partial charge in [0.2, 0.25) is 11.8 Å². The van der Waals surface area contributed by atoms with Crippen molar-refractivity contribution in [3.05, 3.63) is 121 Å². The van der Waals surface area contributed by atoms with E-state index in [9.17, 15) is 24.2 Å². The van der Waals surface area contributed by atoms with Gasteiger partial charge in [-0.2, -0.15) is 0 Å². The van der Waals surface area contributed by atoms with Gasteiger partial charge in [-0.3, -0.25) is 9.59 Å². The van der Waals surface area contributed by atoms with Crippen molar-refractivity contribution < 1.29 is 92.5 Å². The van der Waals surface area contributed by atoms with E-state index in [1.54, 1.807) is 34.2 Å². The van der Waals surface area contributed by atoms with Crippen LogP contribution in [0.3, 0.4) is 0 Å². The van der Waals surface area contributed by atoms with Crippen LogP contribution < -0.4 is 83.5 Å². The number of ether oxygens (including phenoxy) is 1. The first-order chi connectivity index (χ1) is 23.1. The fourth-order valence-electron chi connectivity index (χ4n) is 5.81. The maximum atomic E-state index is 14.2. The number of hydrogen-bond acceptors (Lipinski definition) is 8. The van der Waals surface area contributed by atoms with Crippen LogP contribution in [0.25, 0.3) is 0 Å². The Morgan fingerprint density at radius 2 is 1.56 bits per heavy atom. The van der Waals surface area contributed by atoms with Crippen LogP contribution >= 0.6 is 15.8 Å². The Bertz CT molecular complexity index is 1680. The zero-order valence-corrected chi connectivity index (χ0v) is 34.2. The summed E-state index contributed by atoms with van der Waals surface area (Å²) in [5.41, 5.74) is 2.41. The van der Waals surface area contributed by atoms with Gasteiger partial charge in [0.1, 0.15) is 30.3 Å². The molecular weight excluding hydrogens is 698 g/mol. The van der Waals surface area contributed by atoms with E-state index in [0.717, 1.165) is 11.1 Å². The van der Waals surface area contributed by atoms with Crippen molar-refractivity contribution in [2.45, 2.75) is 31.7 Å². The van der Waals surface area contributed by atoms with E-state index >= 15 is 0 Å². The number of urea groups is 1.